The molecule has 3 N–H and O–H groups in total. The first-order valence-corrected chi connectivity index (χ1v) is 9.44. The van der Waals surface area contributed by atoms with E-state index in [-0.39, 0.29) is 11.9 Å². The second-order valence-corrected chi connectivity index (χ2v) is 6.72. The number of hydrogen-bond acceptors (Lipinski definition) is 5. The molecular formula is C21H23N5O2. The van der Waals surface area contributed by atoms with Crippen molar-refractivity contribution in [2.45, 2.75) is 18.9 Å². The van der Waals surface area contributed by atoms with E-state index in [1.807, 2.05) is 29.2 Å². The van der Waals surface area contributed by atoms with E-state index in [1.54, 1.807) is 30.9 Å². The molecule has 0 radical (unpaired) electrons. The highest BCUT2D eigenvalue weighted by Gasteiger charge is 2.34. The molecule has 7 nitrogen and oxygen atoms in total. The van der Waals surface area contributed by atoms with Crippen molar-refractivity contribution in [3.63, 3.8) is 0 Å². The summed E-state index contributed by atoms with van der Waals surface area (Å²) in [6.45, 7) is 1.78. The van der Waals surface area contributed by atoms with Gasteiger partial charge in [-0.3, -0.25) is 9.78 Å². The number of ether oxygens (including phenoxy) is 1. The number of aromatic nitrogens is 3. The lowest BCUT2D eigenvalue weighted by molar-refractivity contribution is 0.0690. The van der Waals surface area contributed by atoms with Gasteiger partial charge in [0, 0.05) is 36.6 Å². The van der Waals surface area contributed by atoms with Crippen molar-refractivity contribution in [1.82, 2.24) is 19.9 Å². The van der Waals surface area contributed by atoms with Crippen LogP contribution in [-0.4, -0.2) is 45.5 Å². The number of fused-ring (bicyclic) bond motifs is 1. The summed E-state index contributed by atoms with van der Waals surface area (Å²) in [6, 6.07) is 10.9. The zero-order valence-corrected chi connectivity index (χ0v) is 15.5. The minimum Gasteiger partial charge on any atom is -0.494 e. The van der Waals surface area contributed by atoms with E-state index in [9.17, 15) is 4.79 Å². The predicted molar refractivity (Wildman–Crippen MR) is 105 cm³/mol. The Morgan fingerprint density at radius 1 is 1.29 bits per heavy atom. The third kappa shape index (κ3) is 3.61. The zero-order valence-electron chi connectivity index (χ0n) is 15.5. The summed E-state index contributed by atoms with van der Waals surface area (Å²) in [7, 11) is 0. The van der Waals surface area contributed by atoms with Crippen molar-refractivity contribution in [2.24, 2.45) is 5.73 Å². The molecule has 7 heteroatoms. The number of carbonyl (C=O) groups excluding carboxylic acids is 1. The Hall–Kier alpha value is -3.19. The molecule has 0 bridgehead atoms. The van der Waals surface area contributed by atoms with E-state index in [0.717, 1.165) is 35.5 Å². The number of hydrogen-bond donors (Lipinski definition) is 2. The molecule has 1 aromatic carbocycles. The first-order chi connectivity index (χ1) is 13.8. The Morgan fingerprint density at radius 2 is 2.14 bits per heavy atom. The molecule has 3 aromatic rings. The number of pyridine rings is 1. The normalized spacial score (nSPS) is 15.9. The van der Waals surface area contributed by atoms with Crippen molar-refractivity contribution >= 4 is 5.91 Å². The number of carbonyl (C=O) groups is 1. The van der Waals surface area contributed by atoms with Crippen LogP contribution in [0.2, 0.25) is 0 Å². The summed E-state index contributed by atoms with van der Waals surface area (Å²) in [5, 5.41) is 0. The number of rotatable bonds is 6. The van der Waals surface area contributed by atoms with Crippen molar-refractivity contribution in [3.05, 3.63) is 77.6 Å². The topological polar surface area (TPSA) is 97.1 Å². The second-order valence-electron chi connectivity index (χ2n) is 6.72. The van der Waals surface area contributed by atoms with Gasteiger partial charge < -0.3 is 20.4 Å². The zero-order chi connectivity index (χ0) is 19.3. The van der Waals surface area contributed by atoms with Gasteiger partial charge in [-0.2, -0.15) is 0 Å². The molecule has 1 aliphatic heterocycles. The van der Waals surface area contributed by atoms with Crippen molar-refractivity contribution in [2.75, 3.05) is 19.7 Å². The summed E-state index contributed by atoms with van der Waals surface area (Å²) in [4.78, 5) is 27.1. The number of benzene rings is 1. The van der Waals surface area contributed by atoms with Gasteiger partial charge in [0.05, 0.1) is 18.6 Å². The van der Waals surface area contributed by atoms with Gasteiger partial charge in [-0.05, 0) is 48.9 Å². The van der Waals surface area contributed by atoms with E-state index in [1.165, 1.54) is 0 Å². The quantitative estimate of drug-likeness (QED) is 0.643. The fraction of sp³-hybridized carbons (Fsp3) is 0.286. The van der Waals surface area contributed by atoms with E-state index < -0.39 is 0 Å². The molecule has 4 rings (SSSR count). The molecule has 144 valence electrons. The van der Waals surface area contributed by atoms with Crippen LogP contribution in [0.5, 0.6) is 5.75 Å². The number of aromatic amines is 1. The summed E-state index contributed by atoms with van der Waals surface area (Å²) in [6.07, 6.45) is 6.76. The molecule has 1 unspecified atom stereocenters. The SMILES string of the molecule is NCCCOc1ccc(C(=O)N2CCc3[nH]cnc3C2c2cccnc2)cc1. The number of nitrogens with zero attached hydrogens (tertiary/aromatic N) is 3. The van der Waals surface area contributed by atoms with Crippen LogP contribution in [-0.2, 0) is 6.42 Å². The van der Waals surface area contributed by atoms with Gasteiger partial charge >= 0.3 is 0 Å². The van der Waals surface area contributed by atoms with Crippen LogP contribution in [0, 0.1) is 0 Å². The molecule has 1 aliphatic rings. The molecule has 1 atom stereocenters. The lowest BCUT2D eigenvalue weighted by atomic mass is 9.96. The number of imidazole rings is 1. The fourth-order valence-electron chi connectivity index (χ4n) is 3.50. The number of nitrogens with two attached hydrogens (primary N) is 1. The minimum atomic E-state index is -0.253. The molecule has 2 aromatic heterocycles. The van der Waals surface area contributed by atoms with E-state index in [4.69, 9.17) is 10.5 Å². The van der Waals surface area contributed by atoms with Crippen LogP contribution in [0.4, 0.5) is 0 Å². The molecule has 0 spiro atoms. The maximum absolute atomic E-state index is 13.3. The molecule has 0 saturated heterocycles. The minimum absolute atomic E-state index is 0.0315. The third-order valence-electron chi connectivity index (χ3n) is 4.90. The van der Waals surface area contributed by atoms with E-state index >= 15 is 0 Å². The molecular weight excluding hydrogens is 354 g/mol. The lowest BCUT2D eigenvalue weighted by Gasteiger charge is -2.35. The highest BCUT2D eigenvalue weighted by Crippen LogP contribution is 2.34. The first kappa shape index (κ1) is 18.2. The largest absolute Gasteiger partial charge is 0.494 e. The van der Waals surface area contributed by atoms with E-state index in [2.05, 4.69) is 15.0 Å². The highest BCUT2D eigenvalue weighted by atomic mass is 16.5. The highest BCUT2D eigenvalue weighted by molar-refractivity contribution is 5.95. The van der Waals surface area contributed by atoms with Gasteiger partial charge in [0.1, 0.15) is 11.8 Å². The fourth-order valence-corrected chi connectivity index (χ4v) is 3.50. The van der Waals surface area contributed by atoms with E-state index in [0.29, 0.717) is 25.3 Å². The second kappa shape index (κ2) is 8.22. The Morgan fingerprint density at radius 3 is 2.89 bits per heavy atom. The first-order valence-electron chi connectivity index (χ1n) is 9.44. The van der Waals surface area contributed by atoms with Crippen LogP contribution in [0.3, 0.4) is 0 Å². The number of H-pyrrole nitrogens is 1. The Bertz CT molecular complexity index is 923. The molecule has 1 amide bonds. The summed E-state index contributed by atoms with van der Waals surface area (Å²) in [5.41, 5.74) is 9.01. The van der Waals surface area contributed by atoms with Crippen LogP contribution in [0.25, 0.3) is 0 Å². The van der Waals surface area contributed by atoms with Gasteiger partial charge in [0.15, 0.2) is 0 Å². The molecule has 0 fully saturated rings. The van der Waals surface area contributed by atoms with Crippen LogP contribution >= 0.6 is 0 Å². The average molecular weight is 377 g/mol. The standard InChI is InChI=1S/C21H23N5O2/c22-9-2-12-28-17-6-4-15(5-7-17)21(27)26-11-8-18-19(25-14-24-18)20(26)16-3-1-10-23-13-16/h1,3-7,10,13-14,20H,2,8-9,11-12,22H2,(H,24,25). The van der Waals surface area contributed by atoms with Gasteiger partial charge in [0.25, 0.3) is 5.91 Å². The maximum Gasteiger partial charge on any atom is 0.254 e. The van der Waals surface area contributed by atoms with Crippen LogP contribution in [0.15, 0.2) is 55.1 Å². The summed E-state index contributed by atoms with van der Waals surface area (Å²) >= 11 is 0. The number of amides is 1. The number of nitrogens with one attached hydrogen (secondary N) is 1. The molecule has 0 aliphatic carbocycles. The monoisotopic (exact) mass is 377 g/mol. The lowest BCUT2D eigenvalue weighted by Crippen LogP contribution is -2.40. The van der Waals surface area contributed by atoms with Gasteiger partial charge in [-0.15, -0.1) is 0 Å². The molecule has 0 saturated carbocycles. The van der Waals surface area contributed by atoms with Gasteiger partial charge in [-0.25, -0.2) is 4.98 Å². The van der Waals surface area contributed by atoms with Gasteiger partial charge in [0.2, 0.25) is 0 Å². The summed E-state index contributed by atoms with van der Waals surface area (Å²) < 4.78 is 5.63. The van der Waals surface area contributed by atoms with Crippen LogP contribution < -0.4 is 10.5 Å². The Labute approximate surface area is 163 Å². The van der Waals surface area contributed by atoms with Crippen molar-refractivity contribution in [3.8, 4) is 5.75 Å². The van der Waals surface area contributed by atoms with Crippen molar-refractivity contribution in [1.29, 1.82) is 0 Å². The Kier molecular flexibility index (Phi) is 5.34. The maximum atomic E-state index is 13.3. The van der Waals surface area contributed by atoms with Crippen LogP contribution in [0.1, 0.15) is 39.8 Å². The predicted octanol–water partition coefficient (Wildman–Crippen LogP) is 2.32. The molecule has 3 heterocycles. The smallest absolute Gasteiger partial charge is 0.254 e. The molecule has 28 heavy (non-hydrogen) atoms. The Balaban J connectivity index is 1.59. The van der Waals surface area contributed by atoms with Gasteiger partial charge in [-0.1, -0.05) is 6.07 Å². The summed E-state index contributed by atoms with van der Waals surface area (Å²) in [5.74, 6) is 0.707. The van der Waals surface area contributed by atoms with Crippen molar-refractivity contribution < 1.29 is 9.53 Å². The third-order valence-corrected chi connectivity index (χ3v) is 4.90. The average Bonchev–Trinajstić information content (AvgIpc) is 3.23.